The van der Waals surface area contributed by atoms with Crippen molar-refractivity contribution in [1.29, 1.82) is 0 Å². The molecule has 1 saturated heterocycles. The first-order valence-electron chi connectivity index (χ1n) is 19.9. The lowest BCUT2D eigenvalue weighted by molar-refractivity contribution is -0.148. The summed E-state index contributed by atoms with van der Waals surface area (Å²) in [4.78, 5) is 62.3. The summed E-state index contributed by atoms with van der Waals surface area (Å²) >= 11 is 0. The Labute approximate surface area is 331 Å². The molecule has 310 valence electrons. The first-order valence-corrected chi connectivity index (χ1v) is 19.9. The van der Waals surface area contributed by atoms with Crippen LogP contribution in [0.5, 0.6) is 0 Å². The van der Waals surface area contributed by atoms with Crippen molar-refractivity contribution in [1.82, 2.24) is 35.7 Å². The Morgan fingerprint density at radius 1 is 1.05 bits per heavy atom. The number of Topliss-reactive ketones (excluding diaryl/α,β-unsaturated/α-hetero) is 2. The van der Waals surface area contributed by atoms with Crippen molar-refractivity contribution in [3.63, 3.8) is 0 Å². The van der Waals surface area contributed by atoms with E-state index < -0.39 is 42.2 Å². The third kappa shape index (κ3) is 11.9. The van der Waals surface area contributed by atoms with Crippen molar-refractivity contribution < 1.29 is 28.7 Å². The summed E-state index contributed by atoms with van der Waals surface area (Å²) in [6, 6.07) is 7.73. The van der Waals surface area contributed by atoms with Crippen LogP contribution in [-0.4, -0.2) is 125 Å². The minimum absolute atomic E-state index is 0.00557. The first-order chi connectivity index (χ1) is 26.7. The standard InChI is InChI=1S/C40H64N10O6/c1-11-25(4)37(49(8)40(54)30(27(6)43-46-41)22-33(52)36(42-7)24(2)3)34(55-9)23-35(53)50-19-15-18-31(50)38(56-10)26(5)32(51)21-29(39-44-47-48-45-39)20-28-16-13-12-14-17-28/h12-14,16-17,24-27,29-31,34,36-38,42H,11,15,18-23H2,1-10H3,(H,44,45,47,48)/t25-,26-,27-,29+,30-,31-,34+,36-,37-,38+/m0/s1. The van der Waals surface area contributed by atoms with Gasteiger partial charge in [-0.3, -0.25) is 19.2 Å². The van der Waals surface area contributed by atoms with Gasteiger partial charge < -0.3 is 24.6 Å². The van der Waals surface area contributed by atoms with E-state index in [0.29, 0.717) is 31.6 Å². The molecular weight excluding hydrogens is 717 g/mol. The number of likely N-dealkylation sites (tertiary alicyclic amines) is 1. The van der Waals surface area contributed by atoms with Crippen LogP contribution in [0, 0.1) is 23.7 Å². The molecule has 2 aromatic rings. The second-order valence-corrected chi connectivity index (χ2v) is 15.6. The Morgan fingerprint density at radius 3 is 2.30 bits per heavy atom. The predicted octanol–water partition coefficient (Wildman–Crippen LogP) is 4.92. The van der Waals surface area contributed by atoms with E-state index in [1.807, 2.05) is 65.0 Å². The zero-order chi connectivity index (χ0) is 41.5. The number of hydrogen-bond donors (Lipinski definition) is 2. The summed E-state index contributed by atoms with van der Waals surface area (Å²) in [5.41, 5.74) is 10.3. The van der Waals surface area contributed by atoms with Gasteiger partial charge in [0, 0.05) is 63.4 Å². The van der Waals surface area contributed by atoms with Gasteiger partial charge >= 0.3 is 0 Å². The number of nitrogens with zero attached hydrogens (tertiary/aromatic N) is 8. The number of carbonyl (C=O) groups excluding carboxylic acids is 4. The molecule has 2 heterocycles. The van der Waals surface area contributed by atoms with Crippen LogP contribution in [0.1, 0.15) is 97.4 Å². The Hall–Kier alpha value is -4.24. The Balaban J connectivity index is 1.82. The Morgan fingerprint density at radius 2 is 1.75 bits per heavy atom. The number of amides is 2. The topological polar surface area (TPSA) is 208 Å². The number of likely N-dealkylation sites (N-methyl/N-ethyl adjacent to an activating group) is 2. The smallest absolute Gasteiger partial charge is 0.226 e. The van der Waals surface area contributed by atoms with E-state index in [-0.39, 0.29) is 66.4 Å². The van der Waals surface area contributed by atoms with Gasteiger partial charge in [-0.05, 0) is 49.2 Å². The van der Waals surface area contributed by atoms with Gasteiger partial charge in [-0.1, -0.05) is 88.6 Å². The third-order valence-electron chi connectivity index (χ3n) is 11.7. The summed E-state index contributed by atoms with van der Waals surface area (Å²) in [5, 5.41) is 21.5. The Kier molecular flexibility index (Phi) is 18.5. The lowest BCUT2D eigenvalue weighted by Gasteiger charge is -2.40. The molecule has 0 saturated carbocycles. The van der Waals surface area contributed by atoms with E-state index in [0.717, 1.165) is 12.0 Å². The third-order valence-corrected chi connectivity index (χ3v) is 11.7. The fourth-order valence-electron chi connectivity index (χ4n) is 8.36. The zero-order valence-corrected chi connectivity index (χ0v) is 34.9. The van der Waals surface area contributed by atoms with Gasteiger partial charge in [-0.15, -0.1) is 10.2 Å². The molecule has 16 nitrogen and oxygen atoms in total. The number of aromatic amines is 1. The molecular formula is C40H64N10O6. The van der Waals surface area contributed by atoms with Crippen molar-refractivity contribution in [2.24, 2.45) is 28.8 Å². The number of tetrazole rings is 1. The molecule has 2 amide bonds. The summed E-state index contributed by atoms with van der Waals surface area (Å²) in [7, 11) is 6.48. The van der Waals surface area contributed by atoms with Gasteiger partial charge in [-0.25, -0.2) is 0 Å². The maximum absolute atomic E-state index is 14.3. The average molecular weight is 781 g/mol. The van der Waals surface area contributed by atoms with Crippen molar-refractivity contribution in [2.45, 2.75) is 129 Å². The number of methoxy groups -OCH3 is 2. The number of H-pyrrole nitrogens is 1. The van der Waals surface area contributed by atoms with Crippen molar-refractivity contribution in [3.8, 4) is 0 Å². The maximum Gasteiger partial charge on any atom is 0.226 e. The molecule has 0 bridgehead atoms. The number of ether oxygens (including phenoxy) is 2. The van der Waals surface area contributed by atoms with Gasteiger partial charge in [0.15, 0.2) is 11.6 Å². The number of nitrogens with one attached hydrogen (secondary N) is 2. The number of benzene rings is 1. The van der Waals surface area contributed by atoms with Crippen molar-refractivity contribution in [2.75, 3.05) is 34.9 Å². The molecule has 56 heavy (non-hydrogen) atoms. The van der Waals surface area contributed by atoms with Crippen LogP contribution in [0.3, 0.4) is 0 Å². The fraction of sp³-hybridized carbons (Fsp3) is 0.725. The molecule has 1 fully saturated rings. The second kappa shape index (κ2) is 22.5. The number of aromatic nitrogens is 4. The Bertz CT molecular complexity index is 1590. The van der Waals surface area contributed by atoms with E-state index in [1.54, 1.807) is 37.9 Å². The van der Waals surface area contributed by atoms with Crippen LogP contribution >= 0.6 is 0 Å². The molecule has 0 unspecified atom stereocenters. The highest BCUT2D eigenvalue weighted by molar-refractivity contribution is 5.90. The highest BCUT2D eigenvalue weighted by Crippen LogP contribution is 2.32. The number of azide groups is 1. The van der Waals surface area contributed by atoms with Crippen LogP contribution in [0.2, 0.25) is 0 Å². The second-order valence-electron chi connectivity index (χ2n) is 15.6. The van der Waals surface area contributed by atoms with E-state index in [1.165, 1.54) is 7.11 Å². The van der Waals surface area contributed by atoms with Crippen molar-refractivity contribution >= 4 is 23.4 Å². The number of rotatable bonds is 24. The SMILES string of the molecule is CC[C@H](C)[C@@H]([C@@H](CC(=O)N1CCC[C@H]1[C@H](OC)[C@@H](C)C(=O)C[C@@H](Cc1ccccc1)c1nn[nH]n1)OC)N(C)C(=O)[C@@H](CC(=O)[C@@H](NC)C(C)C)[C@H](C)N=[N+]=[N-]. The monoisotopic (exact) mass is 781 g/mol. The molecule has 1 aliphatic heterocycles. The molecule has 2 N–H and O–H groups in total. The van der Waals surface area contributed by atoms with Gasteiger partial charge in [0.25, 0.3) is 0 Å². The van der Waals surface area contributed by atoms with Gasteiger partial charge in [-0.2, -0.15) is 5.21 Å². The lowest BCUT2D eigenvalue weighted by atomic mass is 9.85. The highest BCUT2D eigenvalue weighted by atomic mass is 16.5. The van der Waals surface area contributed by atoms with Crippen LogP contribution < -0.4 is 5.32 Å². The van der Waals surface area contributed by atoms with Crippen LogP contribution in [0.15, 0.2) is 35.4 Å². The molecule has 0 radical (unpaired) electrons. The fourth-order valence-corrected chi connectivity index (χ4v) is 8.36. The summed E-state index contributed by atoms with van der Waals surface area (Å²) in [6.45, 7) is 11.9. The van der Waals surface area contributed by atoms with E-state index in [2.05, 4.69) is 36.0 Å². The quantitative estimate of drug-likeness (QED) is 0.0835. The normalized spacial score (nSPS) is 19.2. The largest absolute Gasteiger partial charge is 0.379 e. The molecule has 0 spiro atoms. The minimum Gasteiger partial charge on any atom is -0.379 e. The molecule has 3 rings (SSSR count). The highest BCUT2D eigenvalue weighted by Gasteiger charge is 2.43. The summed E-state index contributed by atoms with van der Waals surface area (Å²) in [6.07, 6.45) is 1.48. The van der Waals surface area contributed by atoms with Gasteiger partial charge in [0.2, 0.25) is 11.8 Å². The van der Waals surface area contributed by atoms with E-state index in [9.17, 15) is 24.7 Å². The maximum atomic E-state index is 14.3. The first kappa shape index (κ1) is 46.1. The number of ketones is 2. The minimum atomic E-state index is -0.908. The zero-order valence-electron chi connectivity index (χ0n) is 34.9. The molecule has 1 aromatic heterocycles. The molecule has 0 aliphatic carbocycles. The predicted molar refractivity (Wildman–Crippen MR) is 212 cm³/mol. The van der Waals surface area contributed by atoms with Crippen LogP contribution in [0.25, 0.3) is 10.4 Å². The molecule has 1 aliphatic rings. The van der Waals surface area contributed by atoms with Crippen molar-refractivity contribution in [3.05, 3.63) is 52.2 Å². The lowest BCUT2D eigenvalue weighted by Crippen LogP contribution is -2.54. The molecule has 16 heteroatoms. The molecule has 1 aromatic carbocycles. The summed E-state index contributed by atoms with van der Waals surface area (Å²) in [5.74, 6) is -2.04. The van der Waals surface area contributed by atoms with Crippen LogP contribution in [0.4, 0.5) is 0 Å². The van der Waals surface area contributed by atoms with Crippen LogP contribution in [-0.2, 0) is 35.1 Å². The number of carbonyl (C=O) groups is 4. The summed E-state index contributed by atoms with van der Waals surface area (Å²) < 4.78 is 12.0. The molecule has 10 atom stereocenters. The van der Waals surface area contributed by atoms with E-state index >= 15 is 0 Å². The van der Waals surface area contributed by atoms with E-state index in [4.69, 9.17) is 9.47 Å². The van der Waals surface area contributed by atoms with Gasteiger partial charge in [0.05, 0.1) is 42.7 Å². The average Bonchev–Trinajstić information content (AvgIpc) is 3.90. The number of hydrogen-bond acceptors (Lipinski definition) is 11. The van der Waals surface area contributed by atoms with Gasteiger partial charge in [0.1, 0.15) is 5.78 Å².